The molecule has 3 rings (SSSR count). The van der Waals surface area contributed by atoms with Crippen molar-refractivity contribution in [3.05, 3.63) is 64.4 Å². The number of amides is 1. The van der Waals surface area contributed by atoms with Crippen LogP contribution in [0.25, 0.3) is 0 Å². The molecule has 3 N–H and O–H groups in total. The van der Waals surface area contributed by atoms with Gasteiger partial charge in [0, 0.05) is 50.8 Å². The second kappa shape index (κ2) is 11.6. The van der Waals surface area contributed by atoms with E-state index < -0.39 is 5.82 Å². The van der Waals surface area contributed by atoms with Crippen molar-refractivity contribution < 1.29 is 18.7 Å². The van der Waals surface area contributed by atoms with Gasteiger partial charge in [-0.1, -0.05) is 12.2 Å². The fourth-order valence-corrected chi connectivity index (χ4v) is 4.27. The van der Waals surface area contributed by atoms with Crippen LogP contribution in [-0.2, 0) is 22.5 Å². The minimum Gasteiger partial charge on any atom is -0.494 e. The van der Waals surface area contributed by atoms with Gasteiger partial charge in [-0.25, -0.2) is 4.39 Å². The number of pyridine rings is 1. The third kappa shape index (κ3) is 6.76. The first kappa shape index (κ1) is 26.6. The van der Waals surface area contributed by atoms with Crippen LogP contribution in [0.2, 0.25) is 0 Å². The van der Waals surface area contributed by atoms with E-state index in [1.54, 1.807) is 20.2 Å². The zero-order chi connectivity index (χ0) is 25.6. The Morgan fingerprint density at radius 3 is 2.77 bits per heavy atom. The van der Waals surface area contributed by atoms with Crippen molar-refractivity contribution >= 4 is 28.8 Å². The number of aromatic nitrogens is 1. The van der Waals surface area contributed by atoms with Crippen molar-refractivity contribution in [1.29, 1.82) is 0 Å². The summed E-state index contributed by atoms with van der Waals surface area (Å²) in [6.45, 7) is 6.88. The molecule has 9 heteroatoms. The zero-order valence-electron chi connectivity index (χ0n) is 20.9. The van der Waals surface area contributed by atoms with Crippen molar-refractivity contribution in [3.63, 3.8) is 0 Å². The molecule has 0 atom stereocenters. The minimum absolute atomic E-state index is 0.199. The first-order valence-electron chi connectivity index (χ1n) is 11.5. The van der Waals surface area contributed by atoms with E-state index in [0.29, 0.717) is 42.1 Å². The molecule has 2 heterocycles. The van der Waals surface area contributed by atoms with Crippen molar-refractivity contribution in [2.75, 3.05) is 26.1 Å². The molecule has 1 aromatic heterocycles. The lowest BCUT2D eigenvalue weighted by atomic mass is 9.96. The van der Waals surface area contributed by atoms with Gasteiger partial charge in [-0.3, -0.25) is 9.78 Å². The molecular weight excluding hydrogens is 467 g/mol. The van der Waals surface area contributed by atoms with Gasteiger partial charge in [0.2, 0.25) is 0 Å². The van der Waals surface area contributed by atoms with Crippen LogP contribution in [0, 0.1) is 12.7 Å². The SMILES string of the molecule is COc1c(C)cc(F)cc1NC(=S)C1=C(NCc2ccncc2CCC(C)(C)OC)CCNC1=O. The zero-order valence-corrected chi connectivity index (χ0v) is 21.7. The third-order valence-corrected chi connectivity index (χ3v) is 6.46. The first-order valence-corrected chi connectivity index (χ1v) is 11.9. The Bertz CT molecular complexity index is 1130. The fraction of sp³-hybridized carbons (Fsp3) is 0.423. The predicted octanol–water partition coefficient (Wildman–Crippen LogP) is 4.20. The standard InChI is InChI=1S/C26H33FN4O3S/c1-16-12-19(27)13-21(23(16)33-4)31-25(35)22-20(8-11-29-24(22)32)30-15-18-7-10-28-14-17(18)6-9-26(2,3)34-5/h7,10,12-14,30H,6,8-9,11,15H2,1-5H3,(H,29,32)(H,31,35). The fourth-order valence-electron chi connectivity index (χ4n) is 3.94. The molecule has 35 heavy (non-hydrogen) atoms. The minimum atomic E-state index is -0.420. The largest absolute Gasteiger partial charge is 0.494 e. The molecule has 1 amide bonds. The molecule has 0 saturated heterocycles. The van der Waals surface area contributed by atoms with Crippen LogP contribution in [0.1, 0.15) is 43.4 Å². The summed E-state index contributed by atoms with van der Waals surface area (Å²) in [5, 5.41) is 9.26. The van der Waals surface area contributed by atoms with Gasteiger partial charge in [-0.05, 0) is 62.4 Å². The van der Waals surface area contributed by atoms with E-state index in [4.69, 9.17) is 21.7 Å². The number of hydrogen-bond acceptors (Lipinski definition) is 6. The highest BCUT2D eigenvalue weighted by molar-refractivity contribution is 7.81. The van der Waals surface area contributed by atoms with Crippen LogP contribution in [0.3, 0.4) is 0 Å². The van der Waals surface area contributed by atoms with Crippen LogP contribution < -0.4 is 20.7 Å². The van der Waals surface area contributed by atoms with Gasteiger partial charge in [0.1, 0.15) is 16.6 Å². The summed E-state index contributed by atoms with van der Waals surface area (Å²) in [5.74, 6) is -0.225. The predicted molar refractivity (Wildman–Crippen MR) is 139 cm³/mol. The quantitative estimate of drug-likeness (QED) is 0.422. The molecule has 0 aliphatic carbocycles. The molecule has 188 valence electrons. The van der Waals surface area contributed by atoms with E-state index in [2.05, 4.69) is 34.8 Å². The van der Waals surface area contributed by atoms with E-state index in [0.717, 1.165) is 29.7 Å². The van der Waals surface area contributed by atoms with Crippen LogP contribution in [0.15, 0.2) is 41.9 Å². The highest BCUT2D eigenvalue weighted by atomic mass is 32.1. The monoisotopic (exact) mass is 500 g/mol. The lowest BCUT2D eigenvalue weighted by Gasteiger charge is -2.25. The summed E-state index contributed by atoms with van der Waals surface area (Å²) in [5.41, 5.74) is 4.05. The lowest BCUT2D eigenvalue weighted by molar-refractivity contribution is -0.117. The van der Waals surface area contributed by atoms with Gasteiger partial charge in [0.05, 0.1) is 24.0 Å². The maximum atomic E-state index is 14.0. The van der Waals surface area contributed by atoms with E-state index in [9.17, 15) is 9.18 Å². The van der Waals surface area contributed by atoms with Crippen LogP contribution in [0.5, 0.6) is 5.75 Å². The maximum Gasteiger partial charge on any atom is 0.256 e. The topological polar surface area (TPSA) is 84.5 Å². The molecule has 1 aliphatic heterocycles. The molecule has 0 spiro atoms. The number of anilines is 1. The van der Waals surface area contributed by atoms with E-state index in [-0.39, 0.29) is 16.5 Å². The molecule has 1 aliphatic rings. The number of rotatable bonds is 10. The summed E-state index contributed by atoms with van der Waals surface area (Å²) in [7, 11) is 3.22. The number of benzene rings is 1. The number of hydrogen-bond donors (Lipinski definition) is 3. The number of aryl methyl sites for hydroxylation is 2. The number of carbonyl (C=O) groups is 1. The molecule has 1 aromatic carbocycles. The van der Waals surface area contributed by atoms with Gasteiger partial charge >= 0.3 is 0 Å². The average molecular weight is 501 g/mol. The molecule has 0 radical (unpaired) electrons. The Morgan fingerprint density at radius 2 is 2.06 bits per heavy atom. The van der Waals surface area contributed by atoms with Gasteiger partial charge in [-0.15, -0.1) is 0 Å². The molecule has 0 unspecified atom stereocenters. The average Bonchev–Trinajstić information content (AvgIpc) is 2.81. The Hall–Kier alpha value is -3.04. The molecule has 2 aromatic rings. The molecule has 7 nitrogen and oxygen atoms in total. The van der Waals surface area contributed by atoms with Crippen LogP contribution in [-0.4, -0.2) is 42.2 Å². The number of ether oxygens (including phenoxy) is 2. The molecular formula is C26H33FN4O3S. The highest BCUT2D eigenvalue weighted by Gasteiger charge is 2.25. The van der Waals surface area contributed by atoms with Crippen molar-refractivity contribution in [2.45, 2.75) is 52.2 Å². The highest BCUT2D eigenvalue weighted by Crippen LogP contribution is 2.30. The number of nitrogens with one attached hydrogen (secondary N) is 3. The summed E-state index contributed by atoms with van der Waals surface area (Å²) in [6, 6.07) is 4.66. The normalized spacial score (nSPS) is 13.9. The van der Waals surface area contributed by atoms with Gasteiger partial charge in [-0.2, -0.15) is 0 Å². The molecule has 0 saturated carbocycles. The number of carbonyl (C=O) groups excluding carboxylic acids is 1. The number of methoxy groups -OCH3 is 2. The Morgan fingerprint density at radius 1 is 1.29 bits per heavy atom. The summed E-state index contributed by atoms with van der Waals surface area (Å²) in [4.78, 5) is 17.3. The van der Waals surface area contributed by atoms with E-state index in [1.807, 2.05) is 12.3 Å². The second-order valence-corrected chi connectivity index (χ2v) is 9.49. The van der Waals surface area contributed by atoms with Crippen molar-refractivity contribution in [3.8, 4) is 5.75 Å². The number of thiocarbonyl (C=S) groups is 1. The smallest absolute Gasteiger partial charge is 0.256 e. The lowest BCUT2D eigenvalue weighted by Crippen LogP contribution is -2.39. The first-order chi connectivity index (χ1) is 16.6. The Balaban J connectivity index is 1.82. The summed E-state index contributed by atoms with van der Waals surface area (Å²) < 4.78 is 25.0. The Labute approximate surface area is 211 Å². The summed E-state index contributed by atoms with van der Waals surface area (Å²) in [6.07, 6.45) is 5.89. The van der Waals surface area contributed by atoms with Crippen molar-refractivity contribution in [2.24, 2.45) is 0 Å². The van der Waals surface area contributed by atoms with Gasteiger partial charge in [0.25, 0.3) is 5.91 Å². The number of halogens is 1. The van der Waals surface area contributed by atoms with Crippen molar-refractivity contribution in [1.82, 2.24) is 15.6 Å². The Kier molecular flexibility index (Phi) is 8.80. The van der Waals surface area contributed by atoms with Gasteiger partial charge in [0.15, 0.2) is 0 Å². The third-order valence-electron chi connectivity index (χ3n) is 6.15. The van der Waals surface area contributed by atoms with Gasteiger partial charge < -0.3 is 25.4 Å². The number of nitrogens with zero attached hydrogens (tertiary/aromatic N) is 1. The summed E-state index contributed by atoms with van der Waals surface area (Å²) >= 11 is 5.59. The molecule has 0 fully saturated rings. The van der Waals surface area contributed by atoms with Crippen LogP contribution >= 0.6 is 12.2 Å². The second-order valence-electron chi connectivity index (χ2n) is 9.08. The van der Waals surface area contributed by atoms with E-state index in [1.165, 1.54) is 19.2 Å². The van der Waals surface area contributed by atoms with E-state index >= 15 is 0 Å². The molecule has 0 bridgehead atoms. The van der Waals surface area contributed by atoms with Crippen LogP contribution in [0.4, 0.5) is 10.1 Å². The maximum absolute atomic E-state index is 14.0.